The maximum Gasteiger partial charge on any atom is 0.407 e. The monoisotopic (exact) mass is 814 g/mol. The summed E-state index contributed by atoms with van der Waals surface area (Å²) in [7, 11) is 5.58. The number of nitrogens with one attached hydrogen (secondary N) is 1. The zero-order chi connectivity index (χ0) is 43.1. The van der Waals surface area contributed by atoms with Crippen molar-refractivity contribution in [3.8, 4) is 11.1 Å². The summed E-state index contributed by atoms with van der Waals surface area (Å²) >= 11 is 0. The van der Waals surface area contributed by atoms with Gasteiger partial charge in [-0.25, -0.2) is 4.79 Å². The fourth-order valence-corrected chi connectivity index (χ4v) is 8.90. The molecule has 2 aromatic carbocycles. The number of hydrogen-bond donors (Lipinski definition) is 5. The second kappa shape index (κ2) is 20.4. The average Bonchev–Trinajstić information content (AvgIpc) is 3.17. The largest absolute Gasteiger partial charge is 0.459 e. The first-order chi connectivity index (χ1) is 27.2. The molecule has 0 spiro atoms. The molecule has 2 aliphatic rings. The number of alkyl carbamates (subject to hydrolysis) is 1. The summed E-state index contributed by atoms with van der Waals surface area (Å²) in [4.78, 5) is 31.6. The van der Waals surface area contributed by atoms with E-state index in [1.54, 1.807) is 34.6 Å². The van der Waals surface area contributed by atoms with Crippen molar-refractivity contribution >= 4 is 12.1 Å². The summed E-state index contributed by atoms with van der Waals surface area (Å²) in [6.07, 6.45) is -6.53. The first kappa shape index (κ1) is 47.5. The van der Waals surface area contributed by atoms with Crippen molar-refractivity contribution in [2.45, 2.75) is 147 Å². The normalized spacial score (nSPS) is 37.3. The molecule has 2 heterocycles. The molecule has 4 rings (SSSR count). The minimum absolute atomic E-state index is 0.171. The number of carbonyl (C=O) groups excluding carboxylic acids is 2. The molecule has 13 nitrogen and oxygen atoms in total. The van der Waals surface area contributed by atoms with E-state index in [2.05, 4.69) is 5.32 Å². The van der Waals surface area contributed by atoms with Gasteiger partial charge in [0.25, 0.3) is 0 Å². The van der Waals surface area contributed by atoms with Crippen LogP contribution in [0.5, 0.6) is 0 Å². The lowest BCUT2D eigenvalue weighted by molar-refractivity contribution is -0.299. The van der Waals surface area contributed by atoms with Crippen molar-refractivity contribution in [2.24, 2.45) is 17.8 Å². The number of likely N-dealkylation sites (N-methyl/N-ethyl adjacent to an activating group) is 2. The van der Waals surface area contributed by atoms with Crippen molar-refractivity contribution in [2.75, 3.05) is 34.2 Å². The Kier molecular flexibility index (Phi) is 16.7. The molecule has 2 aromatic rings. The third-order valence-electron chi connectivity index (χ3n) is 12.4. The van der Waals surface area contributed by atoms with Crippen LogP contribution in [0.15, 0.2) is 54.6 Å². The van der Waals surface area contributed by atoms with E-state index in [9.17, 15) is 30.0 Å². The molecule has 0 unspecified atom stereocenters. The molecule has 0 aliphatic carbocycles. The second-order valence-corrected chi connectivity index (χ2v) is 17.7. The number of carbonyl (C=O) groups is 2. The van der Waals surface area contributed by atoms with E-state index in [1.165, 1.54) is 6.92 Å². The smallest absolute Gasteiger partial charge is 0.407 e. The lowest BCUT2D eigenvalue weighted by Crippen LogP contribution is -2.59. The number of cyclic esters (lactones) is 1. The Balaban J connectivity index is 1.67. The summed E-state index contributed by atoms with van der Waals surface area (Å²) in [5.41, 5.74) is -0.238. The van der Waals surface area contributed by atoms with Gasteiger partial charge in [0.15, 0.2) is 6.29 Å². The van der Waals surface area contributed by atoms with Gasteiger partial charge in [-0.15, -0.1) is 0 Å². The van der Waals surface area contributed by atoms with Crippen LogP contribution < -0.4 is 5.32 Å². The van der Waals surface area contributed by atoms with E-state index in [1.807, 2.05) is 99.4 Å². The van der Waals surface area contributed by atoms with Crippen LogP contribution in [-0.2, 0) is 30.2 Å². The third-order valence-corrected chi connectivity index (χ3v) is 12.4. The highest BCUT2D eigenvalue weighted by Gasteiger charge is 2.51. The number of hydrogen-bond acceptors (Lipinski definition) is 12. The van der Waals surface area contributed by atoms with Gasteiger partial charge in [0.05, 0.1) is 23.7 Å². The summed E-state index contributed by atoms with van der Waals surface area (Å²) in [5, 5.41) is 50.0. The maximum absolute atomic E-state index is 14.1. The number of ether oxygens (including phenoxy) is 4. The molecular formula is C45H71N3O10. The Morgan fingerprint density at radius 3 is 2.21 bits per heavy atom. The van der Waals surface area contributed by atoms with E-state index >= 15 is 0 Å². The molecule has 2 fully saturated rings. The average molecular weight is 814 g/mol. The van der Waals surface area contributed by atoms with Crippen LogP contribution in [0.3, 0.4) is 0 Å². The van der Waals surface area contributed by atoms with Crippen LogP contribution in [0, 0.1) is 17.8 Å². The van der Waals surface area contributed by atoms with Crippen molar-refractivity contribution in [3.63, 3.8) is 0 Å². The third kappa shape index (κ3) is 11.8. The Morgan fingerprint density at radius 2 is 1.60 bits per heavy atom. The number of aliphatic hydroxyl groups excluding tert-OH is 2. The first-order valence-electron chi connectivity index (χ1n) is 21.0. The fourth-order valence-electron chi connectivity index (χ4n) is 8.90. The SMILES string of the molecule is CC[C@H]1OC(=O)[C@H](C)[C@@H](OC(=O)NCCc2ccc(-c3ccccc3)cc2)[C@H](C)[C@@H](O[C@@H]2O[C@H](C)C[C@H](N(C)C)[C@H]2O)[C@](C)(O)C[C@@H](C)CN(C)[C@H](C)[C@@H](O)[C@]1(C)O. The second-order valence-electron chi connectivity index (χ2n) is 17.7. The predicted octanol–water partition coefficient (Wildman–Crippen LogP) is 4.62. The predicted molar refractivity (Wildman–Crippen MR) is 223 cm³/mol. The summed E-state index contributed by atoms with van der Waals surface area (Å²) in [5.74, 6) is -2.92. The molecule has 5 N–H and O–H groups in total. The highest BCUT2D eigenvalue weighted by molar-refractivity contribution is 5.74. The summed E-state index contributed by atoms with van der Waals surface area (Å²) < 4.78 is 25.0. The quantitative estimate of drug-likeness (QED) is 0.223. The van der Waals surface area contributed by atoms with Crippen LogP contribution in [0.1, 0.15) is 80.2 Å². The molecule has 58 heavy (non-hydrogen) atoms. The molecular weight excluding hydrogens is 743 g/mol. The minimum atomic E-state index is -1.83. The lowest BCUT2D eigenvalue weighted by Gasteiger charge is -2.47. The van der Waals surface area contributed by atoms with Crippen LogP contribution in [0.4, 0.5) is 4.79 Å². The van der Waals surface area contributed by atoms with Crippen LogP contribution >= 0.6 is 0 Å². The van der Waals surface area contributed by atoms with Crippen LogP contribution in [-0.4, -0.2) is 143 Å². The zero-order valence-electron chi connectivity index (χ0n) is 36.5. The minimum Gasteiger partial charge on any atom is -0.459 e. The van der Waals surface area contributed by atoms with E-state index in [0.717, 1.165) is 16.7 Å². The fraction of sp³-hybridized carbons (Fsp3) is 0.689. The van der Waals surface area contributed by atoms with E-state index in [0.29, 0.717) is 19.4 Å². The molecule has 0 radical (unpaired) electrons. The number of benzene rings is 2. The van der Waals surface area contributed by atoms with Gasteiger partial charge in [-0.1, -0.05) is 75.4 Å². The van der Waals surface area contributed by atoms with Gasteiger partial charge in [0.2, 0.25) is 0 Å². The van der Waals surface area contributed by atoms with Gasteiger partial charge in [0, 0.05) is 31.1 Å². The van der Waals surface area contributed by atoms with Gasteiger partial charge in [-0.3, -0.25) is 4.79 Å². The van der Waals surface area contributed by atoms with Crippen molar-refractivity contribution < 1.29 is 49.0 Å². The molecule has 14 atom stereocenters. The van der Waals surface area contributed by atoms with Gasteiger partial charge in [0.1, 0.15) is 30.0 Å². The van der Waals surface area contributed by atoms with Gasteiger partial charge < -0.3 is 54.5 Å². The Labute approximate surface area is 346 Å². The molecule has 326 valence electrons. The number of aliphatic hydroxyl groups is 4. The molecule has 2 aliphatic heterocycles. The summed E-state index contributed by atoms with van der Waals surface area (Å²) in [6, 6.07) is 17.3. The van der Waals surface area contributed by atoms with Gasteiger partial charge >= 0.3 is 12.1 Å². The van der Waals surface area contributed by atoms with Crippen molar-refractivity contribution in [3.05, 3.63) is 60.2 Å². The number of amides is 1. The Morgan fingerprint density at radius 1 is 0.983 bits per heavy atom. The Hall–Kier alpha value is -3.14. The number of esters is 1. The lowest BCUT2D eigenvalue weighted by atomic mass is 9.77. The van der Waals surface area contributed by atoms with Gasteiger partial charge in [-0.2, -0.15) is 0 Å². The topological polar surface area (TPSA) is 170 Å². The summed E-state index contributed by atoms with van der Waals surface area (Å²) in [6.45, 7) is 14.5. The molecule has 0 saturated carbocycles. The molecule has 1 amide bonds. The van der Waals surface area contributed by atoms with E-state index in [4.69, 9.17) is 18.9 Å². The number of rotatable bonds is 9. The zero-order valence-corrected chi connectivity index (χ0v) is 36.5. The molecule has 0 bridgehead atoms. The highest BCUT2D eigenvalue weighted by atomic mass is 16.7. The number of nitrogens with zero attached hydrogens (tertiary/aromatic N) is 2. The van der Waals surface area contributed by atoms with Crippen molar-refractivity contribution in [1.29, 1.82) is 0 Å². The van der Waals surface area contributed by atoms with Crippen LogP contribution in [0.25, 0.3) is 11.1 Å². The highest BCUT2D eigenvalue weighted by Crippen LogP contribution is 2.37. The Bertz CT molecular complexity index is 1590. The molecule has 0 aromatic heterocycles. The maximum atomic E-state index is 14.1. The standard InChI is InChI=1S/C45H71N3O10/c1-12-36-45(8,54)39(50)31(6)48(11)26-27(2)25-44(7,53)40(58-42-37(49)35(47(9)10)24-28(3)55-42)29(4)38(30(5)41(51)56-36)57-43(52)46-23-22-32-18-20-34(21-19-32)33-16-14-13-15-17-33/h13-21,27-31,35-40,42,49-50,53-54H,12,22-26H2,1-11H3,(H,46,52)/t27-,28-,29+,30-,31-,35+,36-,37-,38+,39-,40-,42+,44-,45-/m1/s1. The first-order valence-corrected chi connectivity index (χ1v) is 21.0. The van der Waals surface area contributed by atoms with Crippen molar-refractivity contribution in [1.82, 2.24) is 15.1 Å². The van der Waals surface area contributed by atoms with Gasteiger partial charge in [-0.05, 0) is 104 Å². The van der Waals surface area contributed by atoms with E-state index in [-0.39, 0.29) is 37.5 Å². The molecule has 13 heteroatoms. The van der Waals surface area contributed by atoms with Crippen LogP contribution in [0.2, 0.25) is 0 Å². The molecule has 2 saturated heterocycles. The van der Waals surface area contributed by atoms with E-state index < -0.39 is 78.0 Å².